The van der Waals surface area contributed by atoms with E-state index in [1.807, 2.05) is 0 Å². The molecule has 0 saturated carbocycles. The minimum atomic E-state index is -3.37. The molecule has 5 nitrogen and oxygen atoms in total. The minimum Gasteiger partial charge on any atom is -0.395 e. The lowest BCUT2D eigenvalue weighted by molar-refractivity contribution is 0.154. The van der Waals surface area contributed by atoms with Crippen molar-refractivity contribution in [2.75, 3.05) is 25.5 Å². The third-order valence-corrected chi connectivity index (χ3v) is 4.38. The van der Waals surface area contributed by atoms with Gasteiger partial charge in [0.05, 0.1) is 19.0 Å². The molecule has 1 fully saturated rings. The van der Waals surface area contributed by atoms with Gasteiger partial charge in [-0.2, -0.15) is 4.31 Å². The maximum absolute atomic E-state index is 11.6. The third-order valence-electron chi connectivity index (χ3n) is 2.49. The monoisotopic (exact) mass is 223 g/mol. The van der Waals surface area contributed by atoms with Crippen LogP contribution in [-0.2, 0) is 10.0 Å². The molecule has 6 heteroatoms. The van der Waals surface area contributed by atoms with Crippen molar-refractivity contribution >= 4 is 10.0 Å². The Kier molecular flexibility index (Phi) is 4.31. The first-order valence-electron chi connectivity index (χ1n) is 4.83. The summed E-state index contributed by atoms with van der Waals surface area (Å²) in [6.45, 7) is -0.0325. The van der Waals surface area contributed by atoms with Gasteiger partial charge in [-0.15, -0.1) is 0 Å². The van der Waals surface area contributed by atoms with E-state index in [-0.39, 0.29) is 25.0 Å². The summed E-state index contributed by atoms with van der Waals surface area (Å²) in [5, 5.41) is 17.6. The first-order valence-corrected chi connectivity index (χ1v) is 6.44. The van der Waals surface area contributed by atoms with Crippen LogP contribution in [0.4, 0.5) is 0 Å². The number of piperidine rings is 1. The first-order chi connectivity index (χ1) is 6.61. The molecule has 0 spiro atoms. The number of aliphatic hydroxyl groups excluding tert-OH is 2. The minimum absolute atomic E-state index is 0.134. The van der Waals surface area contributed by atoms with Gasteiger partial charge < -0.3 is 10.2 Å². The molecule has 1 aliphatic heterocycles. The van der Waals surface area contributed by atoms with E-state index < -0.39 is 10.0 Å². The highest BCUT2D eigenvalue weighted by Gasteiger charge is 2.30. The van der Waals surface area contributed by atoms with Crippen LogP contribution in [0, 0.1) is 0 Å². The molecule has 0 aromatic heterocycles. The number of nitrogens with zero attached hydrogens (tertiary/aromatic N) is 1. The number of hydrogen-bond donors (Lipinski definition) is 2. The molecule has 1 atom stereocenters. The second-order valence-electron chi connectivity index (χ2n) is 3.48. The predicted octanol–water partition coefficient (Wildman–Crippen LogP) is -0.845. The van der Waals surface area contributed by atoms with Crippen LogP contribution in [0.5, 0.6) is 0 Å². The van der Waals surface area contributed by atoms with Gasteiger partial charge in [-0.25, -0.2) is 8.42 Å². The highest BCUT2D eigenvalue weighted by molar-refractivity contribution is 7.89. The maximum Gasteiger partial charge on any atom is 0.216 e. The summed E-state index contributed by atoms with van der Waals surface area (Å²) in [7, 11) is -3.37. The summed E-state index contributed by atoms with van der Waals surface area (Å²) in [4.78, 5) is 0. The smallest absolute Gasteiger partial charge is 0.216 e. The maximum atomic E-state index is 11.6. The molecule has 0 radical (unpaired) electrons. The fourth-order valence-electron chi connectivity index (χ4n) is 1.76. The van der Waals surface area contributed by atoms with Gasteiger partial charge in [-0.1, -0.05) is 6.42 Å². The van der Waals surface area contributed by atoms with Gasteiger partial charge in [0, 0.05) is 12.6 Å². The van der Waals surface area contributed by atoms with Gasteiger partial charge in [0.25, 0.3) is 0 Å². The van der Waals surface area contributed by atoms with Gasteiger partial charge in [-0.3, -0.25) is 0 Å². The van der Waals surface area contributed by atoms with E-state index in [9.17, 15) is 8.42 Å². The van der Waals surface area contributed by atoms with Gasteiger partial charge in [0.15, 0.2) is 0 Å². The molecule has 0 aromatic carbocycles. The molecule has 14 heavy (non-hydrogen) atoms. The van der Waals surface area contributed by atoms with Crippen molar-refractivity contribution in [3.05, 3.63) is 0 Å². The number of sulfonamides is 1. The molecule has 0 aliphatic carbocycles. The van der Waals surface area contributed by atoms with Crippen LogP contribution in [0.3, 0.4) is 0 Å². The normalized spacial score (nSPS) is 25.1. The lowest BCUT2D eigenvalue weighted by Crippen LogP contribution is -2.46. The highest BCUT2D eigenvalue weighted by Crippen LogP contribution is 2.20. The molecule has 0 aromatic rings. The van der Waals surface area contributed by atoms with E-state index in [0.717, 1.165) is 12.8 Å². The predicted molar refractivity (Wildman–Crippen MR) is 52.3 cm³/mol. The van der Waals surface area contributed by atoms with E-state index in [1.165, 1.54) is 4.31 Å². The van der Waals surface area contributed by atoms with E-state index in [2.05, 4.69) is 0 Å². The topological polar surface area (TPSA) is 77.8 Å². The molecule has 0 amide bonds. The van der Waals surface area contributed by atoms with Gasteiger partial charge in [0.2, 0.25) is 10.0 Å². The summed E-state index contributed by atoms with van der Waals surface area (Å²) in [5.74, 6) is -0.247. The molecule has 2 N–H and O–H groups in total. The van der Waals surface area contributed by atoms with E-state index >= 15 is 0 Å². The van der Waals surface area contributed by atoms with Gasteiger partial charge in [-0.05, 0) is 12.8 Å². The van der Waals surface area contributed by atoms with Gasteiger partial charge in [0.1, 0.15) is 0 Å². The van der Waals surface area contributed by atoms with Crippen LogP contribution in [0.15, 0.2) is 0 Å². The van der Waals surface area contributed by atoms with Crippen molar-refractivity contribution in [1.82, 2.24) is 4.31 Å². The zero-order chi connectivity index (χ0) is 10.6. The summed E-state index contributed by atoms with van der Waals surface area (Å²) < 4.78 is 24.5. The van der Waals surface area contributed by atoms with Crippen LogP contribution < -0.4 is 0 Å². The lowest BCUT2D eigenvalue weighted by atomic mass is 10.1. The second kappa shape index (κ2) is 5.06. The molecule has 0 bridgehead atoms. The Morgan fingerprint density at radius 2 is 2.00 bits per heavy atom. The van der Waals surface area contributed by atoms with Crippen molar-refractivity contribution in [2.45, 2.75) is 25.3 Å². The van der Waals surface area contributed by atoms with Crippen LogP contribution in [0.2, 0.25) is 0 Å². The fraction of sp³-hybridized carbons (Fsp3) is 1.00. The molecule has 1 rings (SSSR count). The summed E-state index contributed by atoms with van der Waals surface area (Å²) in [6, 6.07) is -0.291. The van der Waals surface area contributed by atoms with Gasteiger partial charge >= 0.3 is 0 Å². The first kappa shape index (κ1) is 11.9. The molecule has 1 unspecified atom stereocenters. The Balaban J connectivity index is 2.72. The van der Waals surface area contributed by atoms with E-state index in [4.69, 9.17) is 10.2 Å². The molecular weight excluding hydrogens is 206 g/mol. The second-order valence-corrected chi connectivity index (χ2v) is 5.52. The third kappa shape index (κ3) is 2.66. The fourth-order valence-corrected chi connectivity index (χ4v) is 3.25. The van der Waals surface area contributed by atoms with Crippen LogP contribution >= 0.6 is 0 Å². The van der Waals surface area contributed by atoms with Crippen LogP contribution in [-0.4, -0.2) is 54.5 Å². The average molecular weight is 223 g/mol. The molecular formula is C8H17NO4S. The summed E-state index contributed by atoms with van der Waals surface area (Å²) in [6.07, 6.45) is 2.50. The summed E-state index contributed by atoms with van der Waals surface area (Å²) in [5.41, 5.74) is 0. The van der Waals surface area contributed by atoms with E-state index in [0.29, 0.717) is 13.0 Å². The van der Waals surface area contributed by atoms with Crippen molar-refractivity contribution in [2.24, 2.45) is 0 Å². The van der Waals surface area contributed by atoms with E-state index in [1.54, 1.807) is 0 Å². The number of aliphatic hydroxyl groups is 2. The largest absolute Gasteiger partial charge is 0.395 e. The average Bonchev–Trinajstić information content (AvgIpc) is 2.18. The number of hydrogen-bond acceptors (Lipinski definition) is 4. The molecule has 84 valence electrons. The quantitative estimate of drug-likeness (QED) is 0.651. The zero-order valence-electron chi connectivity index (χ0n) is 8.09. The lowest BCUT2D eigenvalue weighted by Gasteiger charge is -2.33. The van der Waals surface area contributed by atoms with Crippen molar-refractivity contribution in [3.8, 4) is 0 Å². The van der Waals surface area contributed by atoms with Crippen molar-refractivity contribution in [3.63, 3.8) is 0 Å². The SMILES string of the molecule is O=S(=O)(CCO)N1CCCCC1CO. The van der Waals surface area contributed by atoms with Crippen molar-refractivity contribution < 1.29 is 18.6 Å². The van der Waals surface area contributed by atoms with Crippen LogP contribution in [0.25, 0.3) is 0 Å². The Hall–Kier alpha value is -0.170. The molecule has 1 aliphatic rings. The summed E-state index contributed by atoms with van der Waals surface area (Å²) >= 11 is 0. The Labute approximate surface area is 84.4 Å². The highest BCUT2D eigenvalue weighted by atomic mass is 32.2. The standard InChI is InChI=1S/C8H17NO4S/c10-5-6-14(12,13)9-4-2-1-3-8(9)7-11/h8,10-11H,1-7H2. The molecule has 1 saturated heterocycles. The number of rotatable bonds is 4. The Morgan fingerprint density at radius 1 is 1.29 bits per heavy atom. The molecule has 1 heterocycles. The van der Waals surface area contributed by atoms with Crippen molar-refractivity contribution in [1.29, 1.82) is 0 Å². The van der Waals surface area contributed by atoms with Crippen LogP contribution in [0.1, 0.15) is 19.3 Å². The zero-order valence-corrected chi connectivity index (χ0v) is 8.91. The Bertz CT molecular complexity index is 265. The Morgan fingerprint density at radius 3 is 2.57 bits per heavy atom.